The van der Waals surface area contributed by atoms with Crippen molar-refractivity contribution in [3.8, 4) is 11.4 Å². The van der Waals surface area contributed by atoms with Crippen LogP contribution in [0.1, 0.15) is 11.5 Å². The second-order valence-corrected chi connectivity index (χ2v) is 5.26. The number of hydrogen-bond donors (Lipinski definition) is 1. The number of halogens is 1. The van der Waals surface area contributed by atoms with E-state index in [1.807, 2.05) is 12.1 Å². The number of amides is 1. The van der Waals surface area contributed by atoms with Crippen LogP contribution in [-0.4, -0.2) is 21.0 Å². The first-order chi connectivity index (χ1) is 11.2. The van der Waals surface area contributed by atoms with Gasteiger partial charge in [0, 0.05) is 23.0 Å². The molecule has 0 radical (unpaired) electrons. The molecule has 0 spiro atoms. The molecule has 3 rings (SSSR count). The molecule has 23 heavy (non-hydrogen) atoms. The highest BCUT2D eigenvalue weighted by Crippen LogP contribution is 2.14. The first-order valence-electron chi connectivity index (χ1n) is 6.95. The zero-order valence-corrected chi connectivity index (χ0v) is 12.8. The molecule has 0 unspecified atom stereocenters. The molecule has 0 bridgehead atoms. The van der Waals surface area contributed by atoms with Crippen molar-refractivity contribution in [2.45, 2.75) is 13.0 Å². The van der Waals surface area contributed by atoms with Gasteiger partial charge in [-0.3, -0.25) is 9.78 Å². The Morgan fingerprint density at radius 1 is 1.13 bits per heavy atom. The fourth-order valence-electron chi connectivity index (χ4n) is 1.97. The van der Waals surface area contributed by atoms with Gasteiger partial charge >= 0.3 is 0 Å². The Balaban J connectivity index is 1.55. The van der Waals surface area contributed by atoms with E-state index in [1.165, 1.54) is 0 Å². The second-order valence-electron chi connectivity index (χ2n) is 4.83. The van der Waals surface area contributed by atoms with Gasteiger partial charge in [0.2, 0.25) is 17.6 Å². The van der Waals surface area contributed by atoms with Gasteiger partial charge in [0.25, 0.3) is 0 Å². The number of aromatic nitrogens is 3. The van der Waals surface area contributed by atoms with Crippen molar-refractivity contribution in [3.63, 3.8) is 0 Å². The van der Waals surface area contributed by atoms with Gasteiger partial charge in [-0.2, -0.15) is 4.98 Å². The average Bonchev–Trinajstić information content (AvgIpc) is 3.05. The van der Waals surface area contributed by atoms with E-state index in [4.69, 9.17) is 16.1 Å². The molecule has 0 aliphatic carbocycles. The molecule has 0 atom stereocenters. The Labute approximate surface area is 137 Å². The maximum atomic E-state index is 11.9. The molecule has 0 aliphatic heterocycles. The number of carbonyl (C=O) groups is 1. The number of pyridine rings is 1. The van der Waals surface area contributed by atoms with Gasteiger partial charge in [-0.25, -0.2) is 0 Å². The minimum Gasteiger partial charge on any atom is -0.347 e. The quantitative estimate of drug-likeness (QED) is 0.778. The van der Waals surface area contributed by atoms with Crippen LogP contribution in [0.4, 0.5) is 0 Å². The Morgan fingerprint density at radius 3 is 2.61 bits per heavy atom. The summed E-state index contributed by atoms with van der Waals surface area (Å²) in [6.45, 7) is 0.185. The van der Waals surface area contributed by atoms with Gasteiger partial charge in [0.1, 0.15) is 0 Å². The minimum absolute atomic E-state index is 0.129. The van der Waals surface area contributed by atoms with Gasteiger partial charge < -0.3 is 9.84 Å². The molecular weight excluding hydrogens is 316 g/mol. The van der Waals surface area contributed by atoms with Crippen LogP contribution in [0.25, 0.3) is 11.4 Å². The molecule has 3 aromatic rings. The van der Waals surface area contributed by atoms with Gasteiger partial charge in [-0.05, 0) is 29.8 Å². The zero-order chi connectivity index (χ0) is 16.1. The molecule has 7 heteroatoms. The second kappa shape index (κ2) is 7.02. The predicted octanol–water partition coefficient (Wildman–Crippen LogP) is 2.64. The van der Waals surface area contributed by atoms with Gasteiger partial charge in [0.15, 0.2) is 0 Å². The number of carbonyl (C=O) groups excluding carboxylic acids is 1. The fourth-order valence-corrected chi connectivity index (χ4v) is 2.10. The first kappa shape index (κ1) is 15.2. The van der Waals surface area contributed by atoms with E-state index in [2.05, 4.69) is 20.4 Å². The number of nitrogens with one attached hydrogen (secondary N) is 1. The summed E-state index contributed by atoms with van der Waals surface area (Å²) in [4.78, 5) is 20.1. The van der Waals surface area contributed by atoms with Crippen LogP contribution in [0, 0.1) is 0 Å². The summed E-state index contributed by atoms with van der Waals surface area (Å²) in [5.41, 5.74) is 1.69. The molecule has 1 amide bonds. The molecule has 1 N–H and O–H groups in total. The van der Waals surface area contributed by atoms with E-state index >= 15 is 0 Å². The molecule has 2 heterocycles. The standard InChI is InChI=1S/C16H13ClN4O2/c17-13-3-1-11(2-4-13)9-14(22)19-10-15-20-16(21-23-15)12-5-7-18-8-6-12/h1-8H,9-10H2,(H,19,22). The van der Waals surface area contributed by atoms with Crippen LogP contribution < -0.4 is 5.32 Å². The highest BCUT2D eigenvalue weighted by Gasteiger charge is 2.10. The van der Waals surface area contributed by atoms with Crippen LogP contribution in [0.3, 0.4) is 0 Å². The molecule has 0 aliphatic rings. The Bertz CT molecular complexity index is 787. The van der Waals surface area contributed by atoms with Crippen LogP contribution in [0.15, 0.2) is 53.3 Å². The first-order valence-corrected chi connectivity index (χ1v) is 7.32. The van der Waals surface area contributed by atoms with Gasteiger partial charge in [-0.1, -0.05) is 28.9 Å². The largest absolute Gasteiger partial charge is 0.347 e. The van der Waals surface area contributed by atoms with Crippen molar-refractivity contribution in [2.75, 3.05) is 0 Å². The SMILES string of the molecule is O=C(Cc1ccc(Cl)cc1)NCc1nc(-c2ccncc2)no1. The van der Waals surface area contributed by atoms with Gasteiger partial charge in [0.05, 0.1) is 13.0 Å². The highest BCUT2D eigenvalue weighted by molar-refractivity contribution is 6.30. The lowest BCUT2D eigenvalue weighted by Gasteiger charge is -2.02. The lowest BCUT2D eigenvalue weighted by molar-refractivity contribution is -0.120. The lowest BCUT2D eigenvalue weighted by atomic mass is 10.1. The normalized spacial score (nSPS) is 10.5. The molecule has 6 nitrogen and oxygen atoms in total. The van der Waals surface area contributed by atoms with Gasteiger partial charge in [-0.15, -0.1) is 0 Å². The maximum absolute atomic E-state index is 11.9. The molecule has 1 aromatic carbocycles. The number of hydrogen-bond acceptors (Lipinski definition) is 5. The highest BCUT2D eigenvalue weighted by atomic mass is 35.5. The topological polar surface area (TPSA) is 80.9 Å². The van der Waals surface area contributed by atoms with Crippen LogP contribution >= 0.6 is 11.6 Å². The molecule has 2 aromatic heterocycles. The molecular formula is C16H13ClN4O2. The summed E-state index contributed by atoms with van der Waals surface area (Å²) in [6, 6.07) is 10.7. The third-order valence-electron chi connectivity index (χ3n) is 3.12. The lowest BCUT2D eigenvalue weighted by Crippen LogP contribution is -2.24. The van der Waals surface area contributed by atoms with E-state index < -0.39 is 0 Å². The number of rotatable bonds is 5. The summed E-state index contributed by atoms with van der Waals surface area (Å²) in [5.74, 6) is 0.687. The third-order valence-corrected chi connectivity index (χ3v) is 3.37. The van der Waals surface area contributed by atoms with Crippen LogP contribution in [0.5, 0.6) is 0 Å². The van der Waals surface area contributed by atoms with E-state index in [-0.39, 0.29) is 18.9 Å². The summed E-state index contributed by atoms with van der Waals surface area (Å²) >= 11 is 5.81. The summed E-state index contributed by atoms with van der Waals surface area (Å²) in [6.07, 6.45) is 3.57. The minimum atomic E-state index is -0.129. The van der Waals surface area contributed by atoms with E-state index in [0.29, 0.717) is 16.7 Å². The van der Waals surface area contributed by atoms with Crippen molar-refractivity contribution in [3.05, 3.63) is 65.3 Å². The van der Waals surface area contributed by atoms with E-state index in [1.54, 1.807) is 36.7 Å². The summed E-state index contributed by atoms with van der Waals surface area (Å²) in [7, 11) is 0. The molecule has 0 saturated heterocycles. The van der Waals surface area contributed by atoms with Crippen molar-refractivity contribution in [1.82, 2.24) is 20.4 Å². The monoisotopic (exact) mass is 328 g/mol. The van der Waals surface area contributed by atoms with Crippen LogP contribution in [0.2, 0.25) is 5.02 Å². The maximum Gasteiger partial charge on any atom is 0.246 e. The Morgan fingerprint density at radius 2 is 1.87 bits per heavy atom. The average molecular weight is 329 g/mol. The third kappa shape index (κ3) is 4.14. The number of benzene rings is 1. The van der Waals surface area contributed by atoms with Crippen molar-refractivity contribution < 1.29 is 9.32 Å². The smallest absolute Gasteiger partial charge is 0.246 e. The van der Waals surface area contributed by atoms with Crippen molar-refractivity contribution in [1.29, 1.82) is 0 Å². The van der Waals surface area contributed by atoms with Crippen molar-refractivity contribution >= 4 is 17.5 Å². The number of nitrogens with zero attached hydrogens (tertiary/aromatic N) is 3. The van der Waals surface area contributed by atoms with E-state index in [9.17, 15) is 4.79 Å². The summed E-state index contributed by atoms with van der Waals surface area (Å²) in [5, 5.41) is 7.27. The predicted molar refractivity (Wildman–Crippen MR) is 84.5 cm³/mol. The zero-order valence-electron chi connectivity index (χ0n) is 12.1. The Kier molecular flexibility index (Phi) is 4.63. The molecule has 0 fully saturated rings. The summed E-state index contributed by atoms with van der Waals surface area (Å²) < 4.78 is 5.12. The Hall–Kier alpha value is -2.73. The van der Waals surface area contributed by atoms with Crippen molar-refractivity contribution in [2.24, 2.45) is 0 Å². The van der Waals surface area contributed by atoms with Crippen LogP contribution in [-0.2, 0) is 17.8 Å². The van der Waals surface area contributed by atoms with E-state index in [0.717, 1.165) is 11.1 Å². The molecule has 0 saturated carbocycles. The fraction of sp³-hybridized carbons (Fsp3) is 0.125. The molecule has 116 valence electrons.